The molecule has 3 aromatic carbocycles. The van der Waals surface area contributed by atoms with Crippen LogP contribution in [0, 0.1) is 0 Å². The quantitative estimate of drug-likeness (QED) is 0.228. The van der Waals surface area contributed by atoms with Crippen LogP contribution in [0.3, 0.4) is 0 Å². The monoisotopic (exact) mass is 624 g/mol. The number of furan rings is 1. The average Bonchev–Trinajstić information content (AvgIpc) is 3.60. The van der Waals surface area contributed by atoms with Crippen molar-refractivity contribution in [2.75, 3.05) is 14.2 Å². The highest BCUT2D eigenvalue weighted by Crippen LogP contribution is 2.42. The molecule has 6 nitrogen and oxygen atoms in total. The molecule has 1 atom stereocenters. The Balaban J connectivity index is 1.40. The van der Waals surface area contributed by atoms with Crippen molar-refractivity contribution in [1.82, 2.24) is 4.57 Å². The Morgan fingerprint density at radius 1 is 0.976 bits per heavy atom. The zero-order chi connectivity index (χ0) is 28.1. The van der Waals surface area contributed by atoms with Gasteiger partial charge in [0.15, 0.2) is 16.3 Å². The molecule has 0 spiro atoms. The summed E-state index contributed by atoms with van der Waals surface area (Å²) in [4.78, 5) is 19.8. The summed E-state index contributed by atoms with van der Waals surface area (Å²) < 4.78 is 20.7. The second-order valence-electron chi connectivity index (χ2n) is 9.94. The van der Waals surface area contributed by atoms with E-state index in [0.29, 0.717) is 26.6 Å². The molecule has 0 bridgehead atoms. The lowest BCUT2D eigenvalue weighted by molar-refractivity contribution is 0.354. The van der Waals surface area contributed by atoms with E-state index in [1.165, 1.54) is 16.9 Å². The molecule has 3 heterocycles. The molecule has 0 saturated carbocycles. The molecule has 0 N–H and O–H groups in total. The van der Waals surface area contributed by atoms with Crippen LogP contribution < -0.4 is 24.4 Å². The molecular formula is C33H25BrN2O4S. The van der Waals surface area contributed by atoms with Crippen molar-refractivity contribution in [3.05, 3.63) is 131 Å². The van der Waals surface area contributed by atoms with Gasteiger partial charge in [-0.05, 0) is 65.9 Å². The molecule has 204 valence electrons. The molecule has 1 aliphatic carbocycles. The maximum absolute atomic E-state index is 14.1. The largest absolute Gasteiger partial charge is 0.493 e. The van der Waals surface area contributed by atoms with Crippen LogP contribution in [0.15, 0.2) is 103 Å². The van der Waals surface area contributed by atoms with Crippen LogP contribution in [0.4, 0.5) is 0 Å². The Morgan fingerprint density at radius 3 is 2.59 bits per heavy atom. The maximum atomic E-state index is 14.1. The minimum atomic E-state index is -0.313. The topological polar surface area (TPSA) is 66.0 Å². The van der Waals surface area contributed by atoms with E-state index in [9.17, 15) is 4.79 Å². The zero-order valence-electron chi connectivity index (χ0n) is 22.4. The standard InChI is InChI=1S/C33H25BrN2O4S/c1-38-27-15-10-21(17-28(27)39-2)31-25-14-9-19-5-3-4-6-24(19)30(25)35-33-36(31)32(37)29(41-33)18-23-13-16-26(40-23)20-7-11-22(34)12-8-20/h3-8,10-13,15-18,31H,9,14H2,1-2H3/b29-18-/t31-/m1/s1. The highest BCUT2D eigenvalue weighted by atomic mass is 79.9. The number of methoxy groups -OCH3 is 2. The highest BCUT2D eigenvalue weighted by Gasteiger charge is 2.33. The molecular weight excluding hydrogens is 600 g/mol. The summed E-state index contributed by atoms with van der Waals surface area (Å²) in [5.74, 6) is 2.63. The van der Waals surface area contributed by atoms with E-state index < -0.39 is 0 Å². The lowest BCUT2D eigenvalue weighted by Crippen LogP contribution is -2.38. The van der Waals surface area contributed by atoms with Crippen molar-refractivity contribution in [3.8, 4) is 22.8 Å². The Bertz CT molecular complexity index is 2020. The molecule has 1 aliphatic heterocycles. The van der Waals surface area contributed by atoms with Crippen LogP contribution in [0.1, 0.15) is 34.9 Å². The van der Waals surface area contributed by atoms with Crippen molar-refractivity contribution >= 4 is 39.0 Å². The predicted octanol–water partition coefficient (Wildman–Crippen LogP) is 6.36. The summed E-state index contributed by atoms with van der Waals surface area (Å²) in [7, 11) is 3.25. The van der Waals surface area contributed by atoms with Gasteiger partial charge in [0.1, 0.15) is 11.5 Å². The average molecular weight is 626 g/mol. The van der Waals surface area contributed by atoms with Gasteiger partial charge in [-0.3, -0.25) is 9.36 Å². The van der Waals surface area contributed by atoms with E-state index >= 15 is 0 Å². The van der Waals surface area contributed by atoms with E-state index in [1.54, 1.807) is 14.2 Å². The third kappa shape index (κ3) is 4.47. The second-order valence-corrected chi connectivity index (χ2v) is 11.9. The molecule has 2 aliphatic rings. The first-order chi connectivity index (χ1) is 20.0. The fraction of sp³-hybridized carbons (Fsp3) is 0.152. The van der Waals surface area contributed by atoms with Gasteiger partial charge >= 0.3 is 0 Å². The molecule has 0 fully saturated rings. The van der Waals surface area contributed by atoms with Gasteiger partial charge in [0, 0.05) is 21.7 Å². The van der Waals surface area contributed by atoms with Crippen molar-refractivity contribution in [2.45, 2.75) is 18.9 Å². The Morgan fingerprint density at radius 2 is 1.78 bits per heavy atom. The Labute approximate surface area is 248 Å². The number of hydrogen-bond acceptors (Lipinski definition) is 6. The summed E-state index contributed by atoms with van der Waals surface area (Å²) in [5, 5.41) is 0. The molecule has 0 radical (unpaired) electrons. The number of rotatable bonds is 5. The molecule has 0 unspecified atom stereocenters. The normalized spacial score (nSPS) is 16.1. The van der Waals surface area contributed by atoms with Crippen molar-refractivity contribution in [2.24, 2.45) is 4.99 Å². The summed E-state index contributed by atoms with van der Waals surface area (Å²) in [5.41, 5.74) is 6.31. The number of allylic oxidation sites excluding steroid dienone is 1. The van der Waals surface area contributed by atoms with Gasteiger partial charge in [-0.25, -0.2) is 4.99 Å². The van der Waals surface area contributed by atoms with Crippen molar-refractivity contribution < 1.29 is 13.9 Å². The van der Waals surface area contributed by atoms with Gasteiger partial charge in [0.25, 0.3) is 5.56 Å². The number of aromatic nitrogens is 1. The molecule has 8 heteroatoms. The summed E-state index contributed by atoms with van der Waals surface area (Å²) in [6.45, 7) is 0. The third-order valence-electron chi connectivity index (χ3n) is 7.63. The molecule has 5 aromatic rings. The summed E-state index contributed by atoms with van der Waals surface area (Å²) >= 11 is 4.86. The smallest absolute Gasteiger partial charge is 0.271 e. The Kier molecular flexibility index (Phi) is 6.52. The highest BCUT2D eigenvalue weighted by molar-refractivity contribution is 9.10. The van der Waals surface area contributed by atoms with Crippen LogP contribution >= 0.6 is 27.3 Å². The third-order valence-corrected chi connectivity index (χ3v) is 9.14. The number of ether oxygens (including phenoxy) is 2. The number of halogens is 1. The van der Waals surface area contributed by atoms with Gasteiger partial charge in [-0.15, -0.1) is 0 Å². The fourth-order valence-electron chi connectivity index (χ4n) is 5.67. The van der Waals surface area contributed by atoms with Gasteiger partial charge in [0.2, 0.25) is 0 Å². The number of nitrogens with zero attached hydrogens (tertiary/aromatic N) is 2. The van der Waals surface area contributed by atoms with E-state index in [2.05, 4.69) is 34.1 Å². The van der Waals surface area contributed by atoms with Crippen molar-refractivity contribution in [1.29, 1.82) is 0 Å². The van der Waals surface area contributed by atoms with E-state index in [4.69, 9.17) is 18.9 Å². The van der Waals surface area contributed by atoms with E-state index in [-0.39, 0.29) is 11.6 Å². The number of thiazole rings is 1. The molecule has 7 rings (SSSR count). The van der Waals surface area contributed by atoms with E-state index in [1.807, 2.05) is 71.3 Å². The first-order valence-corrected chi connectivity index (χ1v) is 14.9. The zero-order valence-corrected chi connectivity index (χ0v) is 24.8. The summed E-state index contributed by atoms with van der Waals surface area (Å²) in [6.07, 6.45) is 3.52. The maximum Gasteiger partial charge on any atom is 0.271 e. The minimum absolute atomic E-state index is 0.0967. The van der Waals surface area contributed by atoms with Gasteiger partial charge < -0.3 is 13.9 Å². The molecule has 0 saturated heterocycles. The van der Waals surface area contributed by atoms with Crippen LogP contribution in [0.25, 0.3) is 23.1 Å². The summed E-state index contributed by atoms with van der Waals surface area (Å²) in [6, 6.07) is 25.7. The minimum Gasteiger partial charge on any atom is -0.493 e. The second kappa shape index (κ2) is 10.4. The van der Waals surface area contributed by atoms with Gasteiger partial charge in [-0.2, -0.15) is 0 Å². The number of aryl methyl sites for hydroxylation is 1. The molecule has 2 aromatic heterocycles. The van der Waals surface area contributed by atoms with E-state index in [0.717, 1.165) is 51.0 Å². The van der Waals surface area contributed by atoms with Crippen LogP contribution in [-0.4, -0.2) is 18.8 Å². The first kappa shape index (κ1) is 25.8. The number of benzene rings is 3. The molecule has 41 heavy (non-hydrogen) atoms. The van der Waals surface area contributed by atoms with Crippen molar-refractivity contribution in [3.63, 3.8) is 0 Å². The number of hydrogen-bond donors (Lipinski definition) is 0. The first-order valence-electron chi connectivity index (χ1n) is 13.2. The lowest BCUT2D eigenvalue weighted by Gasteiger charge is -2.31. The SMILES string of the molecule is COc1ccc([C@@H]2C3=C(N=c4s/c(=C\c5ccc(-c6ccc(Br)cc6)o5)c(=O)n42)c2ccccc2CC3)cc1OC. The molecule has 0 amide bonds. The Hall–Kier alpha value is -4.14. The lowest BCUT2D eigenvalue weighted by atomic mass is 9.83. The number of fused-ring (bicyclic) bond motifs is 3. The fourth-order valence-corrected chi connectivity index (χ4v) is 6.92. The van der Waals surface area contributed by atoms with Crippen LogP contribution in [0.5, 0.6) is 11.5 Å². The van der Waals surface area contributed by atoms with Crippen LogP contribution in [-0.2, 0) is 6.42 Å². The van der Waals surface area contributed by atoms with Gasteiger partial charge in [0.05, 0.1) is 30.5 Å². The predicted molar refractivity (Wildman–Crippen MR) is 164 cm³/mol. The van der Waals surface area contributed by atoms with Gasteiger partial charge in [-0.1, -0.05) is 69.7 Å². The van der Waals surface area contributed by atoms with Crippen LogP contribution in [0.2, 0.25) is 0 Å².